The van der Waals surface area contributed by atoms with E-state index in [1.54, 1.807) is 6.07 Å². The van der Waals surface area contributed by atoms with Crippen LogP contribution in [0.25, 0.3) is 5.00 Å². The molecule has 0 radical (unpaired) electrons. The molecule has 0 bridgehead atoms. The highest BCUT2D eigenvalue weighted by Crippen LogP contribution is 2.44. The van der Waals surface area contributed by atoms with Crippen LogP contribution in [0.4, 0.5) is 10.5 Å². The second-order valence-electron chi connectivity index (χ2n) is 9.24. The Hall–Kier alpha value is -3.22. The zero-order valence-corrected chi connectivity index (χ0v) is 21.7. The number of nitrogens with one attached hydrogen (secondary N) is 1. The van der Waals surface area contributed by atoms with Crippen LogP contribution >= 0.6 is 22.9 Å². The lowest BCUT2D eigenvalue weighted by atomic mass is 9.95. The molecule has 1 aliphatic heterocycles. The van der Waals surface area contributed by atoms with Crippen molar-refractivity contribution in [2.24, 2.45) is 0 Å². The first-order valence-corrected chi connectivity index (χ1v) is 13.7. The molecule has 0 saturated carbocycles. The number of anilines is 1. The van der Waals surface area contributed by atoms with Crippen molar-refractivity contribution >= 4 is 34.7 Å². The molecular weight excluding hydrogens is 490 g/mol. The van der Waals surface area contributed by atoms with E-state index in [4.69, 9.17) is 16.3 Å². The lowest BCUT2D eigenvalue weighted by Crippen LogP contribution is -2.38. The van der Waals surface area contributed by atoms with Crippen molar-refractivity contribution in [2.45, 2.75) is 45.2 Å². The Labute approximate surface area is 220 Å². The number of urea groups is 1. The molecule has 184 valence electrons. The van der Waals surface area contributed by atoms with Gasteiger partial charge in [-0.05, 0) is 80.1 Å². The molecule has 6 rings (SSSR count). The minimum Gasteiger partial charge on any atom is -0.494 e. The summed E-state index contributed by atoms with van der Waals surface area (Å²) in [4.78, 5) is 17.4. The molecule has 2 aliphatic rings. The fourth-order valence-corrected chi connectivity index (χ4v) is 6.99. The third-order valence-electron chi connectivity index (χ3n) is 7.06. The third-order valence-corrected chi connectivity index (χ3v) is 8.73. The first kappa shape index (κ1) is 23.2. The van der Waals surface area contributed by atoms with E-state index in [1.807, 2.05) is 53.5 Å². The first-order chi connectivity index (χ1) is 17.6. The summed E-state index contributed by atoms with van der Waals surface area (Å²) in [5, 5.41) is 4.85. The summed E-state index contributed by atoms with van der Waals surface area (Å²) >= 11 is 8.30. The molecule has 3 heterocycles. The molecular formula is C29H28ClN3O2S. The van der Waals surface area contributed by atoms with Crippen molar-refractivity contribution in [3.63, 3.8) is 0 Å². The van der Waals surface area contributed by atoms with E-state index >= 15 is 0 Å². The maximum absolute atomic E-state index is 14.0. The van der Waals surface area contributed by atoms with Gasteiger partial charge in [-0.2, -0.15) is 0 Å². The SMILES string of the molecule is CCOc1ccc(C2c3cccn3-c3sc4c(c3CN2C(=O)Nc2ccccc2Cl)CCCC4)cc1. The Bertz CT molecular complexity index is 1410. The van der Waals surface area contributed by atoms with Gasteiger partial charge in [0.25, 0.3) is 0 Å². The van der Waals surface area contributed by atoms with Gasteiger partial charge in [-0.15, -0.1) is 11.3 Å². The van der Waals surface area contributed by atoms with E-state index in [1.165, 1.54) is 33.8 Å². The Kier molecular flexibility index (Phi) is 6.23. The van der Waals surface area contributed by atoms with Crippen LogP contribution < -0.4 is 10.1 Å². The average Bonchev–Trinajstić information content (AvgIpc) is 3.48. The Morgan fingerprint density at radius 3 is 2.67 bits per heavy atom. The molecule has 0 spiro atoms. The number of carbonyl (C=O) groups is 1. The Balaban J connectivity index is 1.48. The summed E-state index contributed by atoms with van der Waals surface area (Å²) in [6.07, 6.45) is 6.76. The number of amides is 2. The molecule has 2 aromatic heterocycles. The van der Waals surface area contributed by atoms with Crippen molar-refractivity contribution in [3.8, 4) is 10.8 Å². The number of carbonyl (C=O) groups excluding carboxylic acids is 1. The highest BCUT2D eigenvalue weighted by atomic mass is 35.5. The van der Waals surface area contributed by atoms with Gasteiger partial charge in [0.2, 0.25) is 0 Å². The van der Waals surface area contributed by atoms with Gasteiger partial charge >= 0.3 is 6.03 Å². The molecule has 4 aromatic rings. The quantitative estimate of drug-likeness (QED) is 0.303. The molecule has 1 atom stereocenters. The lowest BCUT2D eigenvalue weighted by molar-refractivity contribution is 0.194. The summed E-state index contributed by atoms with van der Waals surface area (Å²) in [6.45, 7) is 3.13. The van der Waals surface area contributed by atoms with E-state index in [9.17, 15) is 4.79 Å². The molecule has 36 heavy (non-hydrogen) atoms. The standard InChI is InChI=1S/C29H28ClN3O2S/c1-2-35-20-15-13-19(14-16-20)27-25-11-7-17-32(25)28-22(21-8-3-6-12-26(21)36-28)18-33(27)29(34)31-24-10-5-4-9-23(24)30/h4-5,7,9-11,13-17,27H,2-3,6,8,12,18H2,1H3,(H,31,34). The minimum atomic E-state index is -0.267. The van der Waals surface area contributed by atoms with Crippen molar-refractivity contribution in [1.29, 1.82) is 0 Å². The molecule has 1 N–H and O–H groups in total. The molecule has 5 nitrogen and oxygen atoms in total. The van der Waals surface area contributed by atoms with Crippen LogP contribution in [-0.4, -0.2) is 22.1 Å². The maximum atomic E-state index is 14.0. The molecule has 7 heteroatoms. The topological polar surface area (TPSA) is 46.5 Å². The van der Waals surface area contributed by atoms with Crippen LogP contribution in [0, 0.1) is 0 Å². The van der Waals surface area contributed by atoms with E-state index in [2.05, 4.69) is 40.3 Å². The number of para-hydroxylation sites is 1. The summed E-state index contributed by atoms with van der Waals surface area (Å²) < 4.78 is 7.98. The predicted octanol–water partition coefficient (Wildman–Crippen LogP) is 7.61. The molecule has 0 fully saturated rings. The monoisotopic (exact) mass is 517 g/mol. The Morgan fingerprint density at radius 2 is 1.86 bits per heavy atom. The molecule has 1 aliphatic carbocycles. The van der Waals surface area contributed by atoms with E-state index in [0.717, 1.165) is 29.8 Å². The number of benzene rings is 2. The van der Waals surface area contributed by atoms with Crippen LogP contribution in [0.1, 0.15) is 53.1 Å². The minimum absolute atomic E-state index is 0.168. The van der Waals surface area contributed by atoms with Gasteiger partial charge in [-0.3, -0.25) is 0 Å². The lowest BCUT2D eigenvalue weighted by Gasteiger charge is -2.31. The number of ether oxygens (including phenoxy) is 1. The fraction of sp³-hybridized carbons (Fsp3) is 0.276. The average molecular weight is 518 g/mol. The zero-order chi connectivity index (χ0) is 24.6. The number of aryl methyl sites for hydroxylation is 1. The summed E-state index contributed by atoms with van der Waals surface area (Å²) in [5.74, 6) is 0.825. The number of aromatic nitrogens is 1. The summed E-state index contributed by atoms with van der Waals surface area (Å²) in [7, 11) is 0. The molecule has 2 aromatic carbocycles. The number of thiophene rings is 1. The fourth-order valence-electron chi connectivity index (χ4n) is 5.40. The zero-order valence-electron chi connectivity index (χ0n) is 20.2. The molecule has 1 unspecified atom stereocenters. The van der Waals surface area contributed by atoms with Crippen molar-refractivity contribution in [3.05, 3.63) is 99.1 Å². The summed E-state index contributed by atoms with van der Waals surface area (Å²) in [5.41, 5.74) is 5.43. The van der Waals surface area contributed by atoms with Gasteiger partial charge in [-0.25, -0.2) is 4.79 Å². The van der Waals surface area contributed by atoms with E-state index in [-0.39, 0.29) is 12.1 Å². The van der Waals surface area contributed by atoms with Crippen LogP contribution in [0.3, 0.4) is 0 Å². The third kappa shape index (κ3) is 4.08. The highest BCUT2D eigenvalue weighted by Gasteiger charge is 2.36. The van der Waals surface area contributed by atoms with Crippen molar-refractivity contribution < 1.29 is 9.53 Å². The van der Waals surface area contributed by atoms with Gasteiger partial charge < -0.3 is 19.5 Å². The highest BCUT2D eigenvalue weighted by molar-refractivity contribution is 7.15. The van der Waals surface area contributed by atoms with Crippen LogP contribution in [0.5, 0.6) is 5.75 Å². The van der Waals surface area contributed by atoms with Gasteiger partial charge in [-0.1, -0.05) is 35.9 Å². The maximum Gasteiger partial charge on any atom is 0.323 e. The smallest absolute Gasteiger partial charge is 0.323 e. The number of nitrogens with zero attached hydrogens (tertiary/aromatic N) is 2. The second kappa shape index (κ2) is 9.68. The van der Waals surface area contributed by atoms with Gasteiger partial charge in [0.15, 0.2) is 0 Å². The van der Waals surface area contributed by atoms with Crippen LogP contribution in [0.15, 0.2) is 66.9 Å². The first-order valence-electron chi connectivity index (χ1n) is 12.5. The molecule has 0 saturated heterocycles. The normalized spacial score (nSPS) is 16.5. The number of fused-ring (bicyclic) bond motifs is 5. The van der Waals surface area contributed by atoms with Crippen LogP contribution in [-0.2, 0) is 19.4 Å². The van der Waals surface area contributed by atoms with Gasteiger partial charge in [0.1, 0.15) is 10.8 Å². The van der Waals surface area contributed by atoms with Crippen molar-refractivity contribution in [1.82, 2.24) is 9.47 Å². The largest absolute Gasteiger partial charge is 0.494 e. The number of hydrogen-bond acceptors (Lipinski definition) is 3. The predicted molar refractivity (Wildman–Crippen MR) is 146 cm³/mol. The number of halogens is 1. The summed E-state index contributed by atoms with van der Waals surface area (Å²) in [6, 6.07) is 19.3. The van der Waals surface area contributed by atoms with Crippen LogP contribution in [0.2, 0.25) is 5.02 Å². The number of hydrogen-bond donors (Lipinski definition) is 1. The van der Waals surface area contributed by atoms with E-state index in [0.29, 0.717) is 23.9 Å². The Morgan fingerprint density at radius 1 is 1.06 bits per heavy atom. The van der Waals surface area contributed by atoms with E-state index < -0.39 is 0 Å². The molecule has 2 amide bonds. The number of rotatable bonds is 4. The van der Waals surface area contributed by atoms with Gasteiger partial charge in [0, 0.05) is 16.6 Å². The van der Waals surface area contributed by atoms with Crippen molar-refractivity contribution in [2.75, 3.05) is 11.9 Å². The van der Waals surface area contributed by atoms with Gasteiger partial charge in [0.05, 0.1) is 35.6 Å². The second-order valence-corrected chi connectivity index (χ2v) is 10.7.